The van der Waals surface area contributed by atoms with Crippen LogP contribution in [0, 0.1) is 11.6 Å². The zero-order chi connectivity index (χ0) is 20.8. The molecular formula is C21H12ClF2NO3S. The van der Waals surface area contributed by atoms with Gasteiger partial charge >= 0.3 is 0 Å². The number of fused-ring (bicyclic) bond motifs is 1. The van der Waals surface area contributed by atoms with Gasteiger partial charge in [0.15, 0.2) is 11.6 Å². The van der Waals surface area contributed by atoms with Crippen LogP contribution in [0.4, 0.5) is 20.2 Å². The van der Waals surface area contributed by atoms with Crippen LogP contribution in [0.1, 0.15) is 10.4 Å². The minimum Gasteiger partial charge on any atom is -0.314 e. The van der Waals surface area contributed by atoms with Crippen LogP contribution in [-0.4, -0.2) is 14.2 Å². The fourth-order valence-corrected chi connectivity index (χ4v) is 4.70. The second-order valence-electron chi connectivity index (χ2n) is 6.27. The van der Waals surface area contributed by atoms with Crippen molar-refractivity contribution in [3.05, 3.63) is 100 Å². The normalized spacial score (nSPS) is 14.9. The molecule has 0 saturated heterocycles. The van der Waals surface area contributed by atoms with Crippen molar-refractivity contribution in [1.29, 1.82) is 0 Å². The number of nitrogens with zero attached hydrogens (tertiary/aromatic N) is 1. The molecule has 0 atom stereocenters. The minimum atomic E-state index is -4.13. The minimum absolute atomic E-state index is 0.107. The number of Topliss-reactive ketones (excluding diaryl/α,β-unsaturated/α-hetero) is 1. The van der Waals surface area contributed by atoms with Gasteiger partial charge in [0, 0.05) is 28.5 Å². The maximum Gasteiger partial charge on any atom is 0.214 e. The van der Waals surface area contributed by atoms with Crippen LogP contribution in [0.25, 0.3) is 0 Å². The predicted octanol–water partition coefficient (Wildman–Crippen LogP) is 5.27. The summed E-state index contributed by atoms with van der Waals surface area (Å²) in [5, 5.41) is 0.399. The number of carbonyl (C=O) groups is 1. The number of carbonyl (C=O) groups excluding carboxylic acids is 1. The van der Waals surface area contributed by atoms with E-state index in [0.717, 1.165) is 18.3 Å². The van der Waals surface area contributed by atoms with Gasteiger partial charge in [-0.3, -0.25) is 4.79 Å². The Hall–Kier alpha value is -3.03. The van der Waals surface area contributed by atoms with E-state index in [-0.39, 0.29) is 21.8 Å². The van der Waals surface area contributed by atoms with E-state index < -0.39 is 32.2 Å². The predicted molar refractivity (Wildman–Crippen MR) is 106 cm³/mol. The quantitative estimate of drug-likeness (QED) is 0.530. The Morgan fingerprint density at radius 2 is 1.59 bits per heavy atom. The van der Waals surface area contributed by atoms with E-state index in [1.807, 2.05) is 0 Å². The molecule has 0 amide bonds. The Balaban J connectivity index is 1.92. The number of rotatable bonds is 3. The van der Waals surface area contributed by atoms with E-state index in [1.165, 1.54) is 53.4 Å². The largest absolute Gasteiger partial charge is 0.314 e. The highest BCUT2D eigenvalue weighted by Crippen LogP contribution is 2.40. The lowest BCUT2D eigenvalue weighted by molar-refractivity contribution is 0.104. The third-order valence-electron chi connectivity index (χ3n) is 4.46. The first-order valence-corrected chi connectivity index (χ1v) is 10.3. The van der Waals surface area contributed by atoms with Crippen LogP contribution in [0.15, 0.2) is 82.7 Å². The first kappa shape index (κ1) is 19.3. The Kier molecular flexibility index (Phi) is 4.72. The van der Waals surface area contributed by atoms with E-state index in [9.17, 15) is 22.0 Å². The lowest BCUT2D eigenvalue weighted by atomic mass is 10.1. The molecule has 0 aliphatic carbocycles. The summed E-state index contributed by atoms with van der Waals surface area (Å²) in [6.07, 6.45) is 1.13. The molecule has 3 aromatic carbocycles. The number of hydrogen-bond donors (Lipinski definition) is 0. The first-order chi connectivity index (χ1) is 13.8. The maximum atomic E-state index is 13.8. The van der Waals surface area contributed by atoms with E-state index in [0.29, 0.717) is 5.02 Å². The van der Waals surface area contributed by atoms with Crippen LogP contribution in [0.5, 0.6) is 0 Å². The third-order valence-corrected chi connectivity index (χ3v) is 6.51. The van der Waals surface area contributed by atoms with E-state index in [1.54, 1.807) is 6.07 Å². The Bertz CT molecular complexity index is 1270. The third kappa shape index (κ3) is 3.32. The Morgan fingerprint density at radius 3 is 2.28 bits per heavy atom. The lowest BCUT2D eigenvalue weighted by Crippen LogP contribution is -2.25. The second-order valence-corrected chi connectivity index (χ2v) is 8.59. The standard InChI is InChI=1S/C21H12ClF2NO3S/c22-14-7-5-13(6-8-14)21(26)20-12-25(15-9-10-16(23)17(24)11-15)18-3-1-2-4-19(18)29(20,27)28/h1-12H. The molecule has 0 fully saturated rings. The van der Waals surface area contributed by atoms with E-state index in [4.69, 9.17) is 11.6 Å². The lowest BCUT2D eigenvalue weighted by Gasteiger charge is -2.28. The Labute approximate surface area is 170 Å². The van der Waals surface area contributed by atoms with Gasteiger partial charge in [-0.2, -0.15) is 0 Å². The van der Waals surface area contributed by atoms with Crippen molar-refractivity contribution in [2.24, 2.45) is 0 Å². The number of benzene rings is 3. The highest BCUT2D eigenvalue weighted by molar-refractivity contribution is 7.96. The summed E-state index contributed by atoms with van der Waals surface area (Å²) in [5.41, 5.74) is 0.535. The van der Waals surface area contributed by atoms with Crippen molar-refractivity contribution >= 4 is 38.6 Å². The van der Waals surface area contributed by atoms with Gasteiger partial charge in [0.25, 0.3) is 0 Å². The van der Waals surface area contributed by atoms with Crippen molar-refractivity contribution in [3.63, 3.8) is 0 Å². The van der Waals surface area contributed by atoms with E-state index in [2.05, 4.69) is 0 Å². The number of sulfone groups is 1. The fraction of sp³-hybridized carbons (Fsp3) is 0. The van der Waals surface area contributed by atoms with Gasteiger partial charge in [-0.15, -0.1) is 0 Å². The number of halogens is 3. The number of hydrogen-bond acceptors (Lipinski definition) is 4. The van der Waals surface area contributed by atoms with Gasteiger partial charge in [0.05, 0.1) is 10.6 Å². The number of allylic oxidation sites excluding steroid dienone is 1. The SMILES string of the molecule is O=C(C1=CN(c2ccc(F)c(F)c2)c2ccccc2S1(=O)=O)c1ccc(Cl)cc1. The molecule has 0 unspecified atom stereocenters. The summed E-state index contributed by atoms with van der Waals surface area (Å²) in [7, 11) is -4.13. The van der Waals surface area contributed by atoms with Crippen LogP contribution in [0.3, 0.4) is 0 Å². The van der Waals surface area contributed by atoms with Gasteiger partial charge in [-0.1, -0.05) is 23.7 Å². The molecule has 0 saturated carbocycles. The van der Waals surface area contributed by atoms with Crippen LogP contribution >= 0.6 is 11.6 Å². The number of ketones is 1. The molecule has 0 N–H and O–H groups in total. The topological polar surface area (TPSA) is 54.5 Å². The molecule has 8 heteroatoms. The van der Waals surface area contributed by atoms with Gasteiger partial charge in [0.2, 0.25) is 15.6 Å². The average molecular weight is 432 g/mol. The molecule has 4 rings (SSSR count). The molecule has 146 valence electrons. The molecule has 1 aliphatic rings. The summed E-state index contributed by atoms with van der Waals surface area (Å²) < 4.78 is 53.4. The maximum absolute atomic E-state index is 13.8. The molecule has 0 aromatic heterocycles. The average Bonchev–Trinajstić information content (AvgIpc) is 2.70. The molecule has 1 aliphatic heterocycles. The van der Waals surface area contributed by atoms with Crippen molar-refractivity contribution < 1.29 is 22.0 Å². The zero-order valence-electron chi connectivity index (χ0n) is 14.6. The highest BCUT2D eigenvalue weighted by atomic mass is 35.5. The summed E-state index contributed by atoms with van der Waals surface area (Å²) >= 11 is 5.84. The van der Waals surface area contributed by atoms with Crippen molar-refractivity contribution in [2.75, 3.05) is 4.90 Å². The molecule has 1 heterocycles. The summed E-state index contributed by atoms with van der Waals surface area (Å²) in [6.45, 7) is 0. The number of para-hydroxylation sites is 1. The van der Waals surface area contributed by atoms with E-state index >= 15 is 0 Å². The molecular weight excluding hydrogens is 420 g/mol. The first-order valence-electron chi connectivity index (χ1n) is 8.39. The zero-order valence-corrected chi connectivity index (χ0v) is 16.2. The van der Waals surface area contributed by atoms with Gasteiger partial charge in [-0.25, -0.2) is 17.2 Å². The van der Waals surface area contributed by atoms with Gasteiger partial charge in [-0.05, 0) is 48.5 Å². The summed E-state index contributed by atoms with van der Waals surface area (Å²) in [4.78, 5) is 13.7. The monoisotopic (exact) mass is 431 g/mol. The molecule has 0 radical (unpaired) electrons. The molecule has 0 bridgehead atoms. The molecule has 4 nitrogen and oxygen atoms in total. The smallest absolute Gasteiger partial charge is 0.214 e. The van der Waals surface area contributed by atoms with Crippen molar-refractivity contribution in [3.8, 4) is 0 Å². The summed E-state index contributed by atoms with van der Waals surface area (Å²) in [6, 6.07) is 15.0. The van der Waals surface area contributed by atoms with Crippen LogP contribution in [0.2, 0.25) is 5.02 Å². The summed E-state index contributed by atoms with van der Waals surface area (Å²) in [5.74, 6) is -2.86. The van der Waals surface area contributed by atoms with Crippen LogP contribution < -0.4 is 4.90 Å². The highest BCUT2D eigenvalue weighted by Gasteiger charge is 2.36. The van der Waals surface area contributed by atoms with Crippen LogP contribution in [-0.2, 0) is 9.84 Å². The van der Waals surface area contributed by atoms with Crippen molar-refractivity contribution in [1.82, 2.24) is 0 Å². The van der Waals surface area contributed by atoms with Crippen molar-refractivity contribution in [2.45, 2.75) is 4.90 Å². The second kappa shape index (κ2) is 7.09. The van der Waals surface area contributed by atoms with Gasteiger partial charge in [0.1, 0.15) is 4.91 Å². The molecule has 3 aromatic rings. The fourth-order valence-electron chi connectivity index (χ4n) is 3.03. The molecule has 29 heavy (non-hydrogen) atoms. The van der Waals surface area contributed by atoms with Gasteiger partial charge < -0.3 is 4.90 Å². The molecule has 0 spiro atoms. The Morgan fingerprint density at radius 1 is 0.897 bits per heavy atom. The number of anilines is 2.